The van der Waals surface area contributed by atoms with Gasteiger partial charge in [0, 0.05) is 14.1 Å². The molecule has 1 N–H and O–H groups in total. The van der Waals surface area contributed by atoms with Crippen molar-refractivity contribution in [1.82, 2.24) is 9.03 Å². The number of nitrogens with one attached hydrogen (secondary N) is 1. The number of nitriles is 1. The lowest BCUT2D eigenvalue weighted by Crippen LogP contribution is -2.43. The molecule has 0 aliphatic rings. The third kappa shape index (κ3) is 3.72. The molecule has 0 fully saturated rings. The van der Waals surface area contributed by atoms with Crippen LogP contribution < -0.4 is 4.72 Å². The Morgan fingerprint density at radius 3 is 2.08 bits per heavy atom. The predicted molar refractivity (Wildman–Crippen MR) is 50.0 cm³/mol. The molecule has 0 saturated carbocycles. The molecule has 0 aromatic heterocycles. The van der Waals surface area contributed by atoms with E-state index < -0.39 is 16.3 Å². The van der Waals surface area contributed by atoms with Crippen molar-refractivity contribution in [2.24, 2.45) is 5.92 Å². The van der Waals surface area contributed by atoms with Gasteiger partial charge in [0.1, 0.15) is 6.04 Å². The van der Waals surface area contributed by atoms with Crippen LogP contribution in [0, 0.1) is 17.2 Å². The molecule has 0 saturated heterocycles. The Morgan fingerprint density at radius 1 is 1.38 bits per heavy atom. The average Bonchev–Trinajstić information content (AvgIpc) is 1.99. The normalized spacial score (nSPS) is 14.5. The molecule has 5 nitrogen and oxygen atoms in total. The van der Waals surface area contributed by atoms with Crippen molar-refractivity contribution in [3.63, 3.8) is 0 Å². The molecule has 0 aromatic carbocycles. The van der Waals surface area contributed by atoms with Gasteiger partial charge in [0.05, 0.1) is 6.07 Å². The fraction of sp³-hybridized carbons (Fsp3) is 0.857. The smallest absolute Gasteiger partial charge is 0.197 e. The Labute approximate surface area is 79.5 Å². The minimum atomic E-state index is -3.49. The van der Waals surface area contributed by atoms with E-state index in [1.165, 1.54) is 14.1 Å². The zero-order chi connectivity index (χ0) is 10.6. The molecule has 0 heterocycles. The summed E-state index contributed by atoms with van der Waals surface area (Å²) in [6.07, 6.45) is 0. The van der Waals surface area contributed by atoms with Gasteiger partial charge >= 0.3 is 0 Å². The van der Waals surface area contributed by atoms with E-state index in [2.05, 4.69) is 4.72 Å². The zero-order valence-corrected chi connectivity index (χ0v) is 9.09. The summed E-state index contributed by atoms with van der Waals surface area (Å²) in [6.45, 7) is 3.57. The van der Waals surface area contributed by atoms with Crippen molar-refractivity contribution in [3.05, 3.63) is 0 Å². The maximum absolute atomic E-state index is 11.3. The van der Waals surface area contributed by atoms with Gasteiger partial charge in [0.2, 0.25) is 0 Å². The molecule has 0 rings (SSSR count). The van der Waals surface area contributed by atoms with Crippen LogP contribution in [0.4, 0.5) is 0 Å². The van der Waals surface area contributed by atoms with Crippen LogP contribution in [-0.4, -0.2) is 32.9 Å². The fourth-order valence-electron chi connectivity index (χ4n) is 0.577. The summed E-state index contributed by atoms with van der Waals surface area (Å²) in [7, 11) is -0.666. The molecular weight excluding hydrogens is 190 g/mol. The Bertz CT molecular complexity index is 289. The molecule has 13 heavy (non-hydrogen) atoms. The second-order valence-electron chi connectivity index (χ2n) is 3.26. The van der Waals surface area contributed by atoms with Gasteiger partial charge in [-0.05, 0) is 5.92 Å². The summed E-state index contributed by atoms with van der Waals surface area (Å²) < 4.78 is 25.9. The molecule has 0 bridgehead atoms. The number of hydrogen-bond donors (Lipinski definition) is 1. The average molecular weight is 205 g/mol. The van der Waals surface area contributed by atoms with Crippen LogP contribution in [0.25, 0.3) is 0 Å². The van der Waals surface area contributed by atoms with Crippen LogP contribution in [0.5, 0.6) is 0 Å². The Hall–Kier alpha value is -0.640. The van der Waals surface area contributed by atoms with Gasteiger partial charge in [0.25, 0.3) is 10.2 Å². The van der Waals surface area contributed by atoms with E-state index in [-0.39, 0.29) is 5.92 Å². The maximum Gasteiger partial charge on any atom is 0.280 e. The lowest BCUT2D eigenvalue weighted by molar-refractivity contribution is 0.471. The summed E-state index contributed by atoms with van der Waals surface area (Å²) in [5.41, 5.74) is 0. The lowest BCUT2D eigenvalue weighted by atomic mass is 10.1. The van der Waals surface area contributed by atoms with E-state index in [0.717, 1.165) is 4.31 Å². The van der Waals surface area contributed by atoms with E-state index >= 15 is 0 Å². The van der Waals surface area contributed by atoms with Gasteiger partial charge in [0.15, 0.2) is 0 Å². The largest absolute Gasteiger partial charge is 0.280 e. The predicted octanol–water partition coefficient (Wildman–Crippen LogP) is -0.0694. The Morgan fingerprint density at radius 2 is 1.85 bits per heavy atom. The second-order valence-corrected chi connectivity index (χ2v) is 5.17. The molecule has 1 atom stereocenters. The van der Waals surface area contributed by atoms with Crippen LogP contribution in [0.2, 0.25) is 0 Å². The first-order chi connectivity index (χ1) is 5.81. The van der Waals surface area contributed by atoms with Gasteiger partial charge in [-0.2, -0.15) is 22.7 Å². The topological polar surface area (TPSA) is 73.2 Å². The van der Waals surface area contributed by atoms with Crippen molar-refractivity contribution in [1.29, 1.82) is 5.26 Å². The third-order valence-corrected chi connectivity index (χ3v) is 3.08. The Balaban J connectivity index is 4.53. The van der Waals surface area contributed by atoms with Gasteiger partial charge in [-0.15, -0.1) is 0 Å². The van der Waals surface area contributed by atoms with Gasteiger partial charge in [-0.1, -0.05) is 13.8 Å². The van der Waals surface area contributed by atoms with Crippen LogP contribution in [0.1, 0.15) is 13.8 Å². The summed E-state index contributed by atoms with van der Waals surface area (Å²) in [6, 6.07) is 1.22. The van der Waals surface area contributed by atoms with Crippen molar-refractivity contribution in [2.75, 3.05) is 14.1 Å². The minimum absolute atomic E-state index is 0.0419. The maximum atomic E-state index is 11.3. The highest BCUT2D eigenvalue weighted by Gasteiger charge is 2.21. The second kappa shape index (κ2) is 4.56. The molecule has 0 amide bonds. The molecule has 0 spiro atoms. The first kappa shape index (κ1) is 12.4. The highest BCUT2D eigenvalue weighted by atomic mass is 32.2. The molecule has 76 valence electrons. The molecule has 1 unspecified atom stereocenters. The number of rotatable bonds is 4. The fourth-order valence-corrected chi connectivity index (χ4v) is 1.43. The summed E-state index contributed by atoms with van der Waals surface area (Å²) in [5.74, 6) is -0.0419. The minimum Gasteiger partial charge on any atom is -0.197 e. The van der Waals surface area contributed by atoms with E-state index in [9.17, 15) is 8.42 Å². The van der Waals surface area contributed by atoms with E-state index in [1.807, 2.05) is 6.07 Å². The SMILES string of the molecule is CC(C)C(C#N)NS(=O)(=O)N(C)C. The highest BCUT2D eigenvalue weighted by Crippen LogP contribution is 2.02. The van der Waals surface area contributed by atoms with Gasteiger partial charge in [-0.3, -0.25) is 0 Å². The number of nitrogens with zero attached hydrogens (tertiary/aromatic N) is 2. The molecule has 0 aliphatic heterocycles. The van der Waals surface area contributed by atoms with Crippen LogP contribution in [0.15, 0.2) is 0 Å². The zero-order valence-electron chi connectivity index (χ0n) is 8.27. The summed E-state index contributed by atoms with van der Waals surface area (Å²) in [4.78, 5) is 0. The van der Waals surface area contributed by atoms with Crippen molar-refractivity contribution in [3.8, 4) is 6.07 Å². The van der Waals surface area contributed by atoms with Crippen LogP contribution >= 0.6 is 0 Å². The third-order valence-electron chi connectivity index (χ3n) is 1.56. The Kier molecular flexibility index (Phi) is 4.33. The van der Waals surface area contributed by atoms with Gasteiger partial charge < -0.3 is 0 Å². The van der Waals surface area contributed by atoms with Gasteiger partial charge in [-0.25, -0.2) is 0 Å². The molecule has 0 aromatic rings. The van der Waals surface area contributed by atoms with Crippen molar-refractivity contribution >= 4 is 10.2 Å². The molecule has 0 radical (unpaired) electrons. The first-order valence-electron chi connectivity index (χ1n) is 3.90. The standard InChI is InChI=1S/C7H15N3O2S/c1-6(2)7(5-8)9-13(11,12)10(3)4/h6-7,9H,1-4H3. The van der Waals surface area contributed by atoms with E-state index in [1.54, 1.807) is 13.8 Å². The van der Waals surface area contributed by atoms with Crippen LogP contribution in [0.3, 0.4) is 0 Å². The first-order valence-corrected chi connectivity index (χ1v) is 5.34. The highest BCUT2D eigenvalue weighted by molar-refractivity contribution is 7.87. The number of hydrogen-bond acceptors (Lipinski definition) is 3. The molecular formula is C7H15N3O2S. The molecule has 6 heteroatoms. The van der Waals surface area contributed by atoms with E-state index in [0.29, 0.717) is 0 Å². The monoisotopic (exact) mass is 205 g/mol. The summed E-state index contributed by atoms with van der Waals surface area (Å²) in [5, 5.41) is 8.65. The van der Waals surface area contributed by atoms with Crippen LogP contribution in [-0.2, 0) is 10.2 Å². The summed E-state index contributed by atoms with van der Waals surface area (Å²) >= 11 is 0. The lowest BCUT2D eigenvalue weighted by Gasteiger charge is -2.18. The van der Waals surface area contributed by atoms with Crippen molar-refractivity contribution < 1.29 is 8.42 Å². The quantitative estimate of drug-likeness (QED) is 0.698. The van der Waals surface area contributed by atoms with E-state index in [4.69, 9.17) is 5.26 Å². The molecule has 0 aliphatic carbocycles. The van der Waals surface area contributed by atoms with Crippen molar-refractivity contribution in [2.45, 2.75) is 19.9 Å².